The van der Waals surface area contributed by atoms with E-state index in [-0.39, 0.29) is 28.9 Å². The molecule has 0 radical (unpaired) electrons. The van der Waals surface area contributed by atoms with Crippen LogP contribution >= 0.6 is 0 Å². The normalized spacial score (nSPS) is 18.9. The lowest BCUT2D eigenvalue weighted by Crippen LogP contribution is -2.48. The first-order valence-electron chi connectivity index (χ1n) is 9.13. The second-order valence-corrected chi connectivity index (χ2v) is 8.96. The molecule has 0 saturated carbocycles. The van der Waals surface area contributed by atoms with Crippen LogP contribution in [0.4, 0.5) is 0 Å². The van der Waals surface area contributed by atoms with Crippen molar-refractivity contribution >= 4 is 21.7 Å². The third-order valence-corrected chi connectivity index (χ3v) is 6.66. The molecule has 1 saturated heterocycles. The lowest BCUT2D eigenvalue weighted by molar-refractivity contribution is -0.138. The number of esters is 1. The molecule has 9 heteroatoms. The van der Waals surface area contributed by atoms with Crippen LogP contribution in [0.25, 0.3) is 0 Å². The van der Waals surface area contributed by atoms with E-state index >= 15 is 0 Å². The van der Waals surface area contributed by atoms with Crippen molar-refractivity contribution < 1.29 is 32.2 Å². The molecule has 1 fully saturated rings. The molecule has 1 aliphatic heterocycles. The second-order valence-electron chi connectivity index (χ2n) is 6.73. The highest BCUT2D eigenvalue weighted by Crippen LogP contribution is 2.31. The molecule has 1 aromatic carbocycles. The van der Waals surface area contributed by atoms with Crippen molar-refractivity contribution in [2.45, 2.75) is 38.8 Å². The molecule has 8 nitrogen and oxygen atoms in total. The summed E-state index contributed by atoms with van der Waals surface area (Å²) >= 11 is 0. The molecule has 28 heavy (non-hydrogen) atoms. The van der Waals surface area contributed by atoms with Gasteiger partial charge in [0, 0.05) is 12.1 Å². The largest absolute Gasteiger partial charge is 0.493 e. The number of carbonyl (C=O) groups is 2. The zero-order chi connectivity index (χ0) is 20.9. The second kappa shape index (κ2) is 9.27. The SMILES string of the molecule is CCC(C)N(C(=O)COC(=O)c1cccc(OC)c1OC)C1CCS(=O)(=O)C1. The van der Waals surface area contributed by atoms with Gasteiger partial charge in [-0.15, -0.1) is 0 Å². The highest BCUT2D eigenvalue weighted by Gasteiger charge is 2.36. The van der Waals surface area contributed by atoms with Crippen molar-refractivity contribution in [1.29, 1.82) is 0 Å². The van der Waals surface area contributed by atoms with Gasteiger partial charge in [0.15, 0.2) is 27.9 Å². The molecule has 0 aromatic heterocycles. The van der Waals surface area contributed by atoms with E-state index in [0.29, 0.717) is 18.6 Å². The number of hydrogen-bond donors (Lipinski definition) is 0. The number of para-hydroxylation sites is 1. The molecule has 2 atom stereocenters. The molecule has 0 bridgehead atoms. The van der Waals surface area contributed by atoms with Gasteiger partial charge in [0.05, 0.1) is 25.7 Å². The van der Waals surface area contributed by atoms with Crippen LogP contribution in [0.5, 0.6) is 11.5 Å². The number of hydrogen-bond acceptors (Lipinski definition) is 7. The molecule has 1 aliphatic rings. The fourth-order valence-corrected chi connectivity index (χ4v) is 5.04. The summed E-state index contributed by atoms with van der Waals surface area (Å²) < 4.78 is 39.2. The minimum atomic E-state index is -3.14. The molecule has 1 amide bonds. The van der Waals surface area contributed by atoms with Crippen LogP contribution in [-0.2, 0) is 19.4 Å². The highest BCUT2D eigenvalue weighted by molar-refractivity contribution is 7.91. The number of benzene rings is 1. The number of ether oxygens (including phenoxy) is 3. The van der Waals surface area contributed by atoms with Crippen LogP contribution < -0.4 is 9.47 Å². The van der Waals surface area contributed by atoms with Crippen molar-refractivity contribution in [3.05, 3.63) is 23.8 Å². The van der Waals surface area contributed by atoms with Crippen molar-refractivity contribution in [3.8, 4) is 11.5 Å². The van der Waals surface area contributed by atoms with Gasteiger partial charge in [0.2, 0.25) is 0 Å². The van der Waals surface area contributed by atoms with Crippen LogP contribution in [0.3, 0.4) is 0 Å². The first kappa shape index (κ1) is 22.0. The fraction of sp³-hybridized carbons (Fsp3) is 0.579. The molecule has 0 N–H and O–H groups in total. The van der Waals surface area contributed by atoms with Gasteiger partial charge in [-0.3, -0.25) is 4.79 Å². The maximum Gasteiger partial charge on any atom is 0.342 e. The molecule has 2 rings (SSSR count). The Morgan fingerprint density at radius 2 is 1.96 bits per heavy atom. The quantitative estimate of drug-likeness (QED) is 0.598. The summed E-state index contributed by atoms with van der Waals surface area (Å²) in [4.78, 5) is 26.8. The predicted molar refractivity (Wildman–Crippen MR) is 103 cm³/mol. The molecule has 0 aliphatic carbocycles. The van der Waals surface area contributed by atoms with Gasteiger partial charge >= 0.3 is 5.97 Å². The summed E-state index contributed by atoms with van der Waals surface area (Å²) in [6.45, 7) is 3.30. The number of methoxy groups -OCH3 is 2. The smallest absolute Gasteiger partial charge is 0.342 e. The van der Waals surface area contributed by atoms with Gasteiger partial charge in [-0.25, -0.2) is 13.2 Å². The van der Waals surface area contributed by atoms with E-state index < -0.39 is 34.4 Å². The molecule has 2 unspecified atom stereocenters. The van der Waals surface area contributed by atoms with Gasteiger partial charge in [0.25, 0.3) is 5.91 Å². The van der Waals surface area contributed by atoms with Crippen molar-refractivity contribution in [3.63, 3.8) is 0 Å². The van der Waals surface area contributed by atoms with E-state index in [2.05, 4.69) is 0 Å². The standard InChI is InChI=1S/C19H27NO7S/c1-5-13(2)20(14-9-10-28(23,24)12-14)17(21)11-27-19(22)15-7-6-8-16(25-3)18(15)26-4/h6-8,13-14H,5,9-12H2,1-4H3. The van der Waals surface area contributed by atoms with Crippen LogP contribution in [0.1, 0.15) is 37.0 Å². The molecule has 156 valence electrons. The number of sulfone groups is 1. The number of nitrogens with zero attached hydrogens (tertiary/aromatic N) is 1. The topological polar surface area (TPSA) is 99.2 Å². The van der Waals surface area contributed by atoms with Crippen LogP contribution in [-0.4, -0.2) is 69.6 Å². The van der Waals surface area contributed by atoms with Gasteiger partial charge < -0.3 is 19.1 Å². The van der Waals surface area contributed by atoms with E-state index in [1.54, 1.807) is 17.0 Å². The first-order valence-corrected chi connectivity index (χ1v) is 11.0. The molecule has 1 aromatic rings. The number of carbonyl (C=O) groups excluding carboxylic acids is 2. The third-order valence-electron chi connectivity index (χ3n) is 4.91. The Kier molecular flexibility index (Phi) is 7.29. The molecular formula is C19H27NO7S. The van der Waals surface area contributed by atoms with E-state index in [1.165, 1.54) is 20.3 Å². The summed E-state index contributed by atoms with van der Waals surface area (Å²) in [6.07, 6.45) is 1.07. The zero-order valence-electron chi connectivity index (χ0n) is 16.6. The Labute approximate surface area is 165 Å². The van der Waals surface area contributed by atoms with E-state index in [4.69, 9.17) is 14.2 Å². The lowest BCUT2D eigenvalue weighted by atomic mass is 10.1. The number of amides is 1. The van der Waals surface area contributed by atoms with Gasteiger partial charge in [-0.2, -0.15) is 0 Å². The zero-order valence-corrected chi connectivity index (χ0v) is 17.5. The maximum atomic E-state index is 12.8. The van der Waals surface area contributed by atoms with E-state index in [0.717, 1.165) is 0 Å². The first-order chi connectivity index (χ1) is 13.2. The van der Waals surface area contributed by atoms with Crippen LogP contribution in [0.2, 0.25) is 0 Å². The molecule has 0 spiro atoms. The van der Waals surface area contributed by atoms with Crippen LogP contribution in [0.15, 0.2) is 18.2 Å². The molecule has 1 heterocycles. The summed E-state index contributed by atoms with van der Waals surface area (Å²) in [5.74, 6) is -0.512. The van der Waals surface area contributed by atoms with Gasteiger partial charge in [0.1, 0.15) is 5.56 Å². The summed E-state index contributed by atoms with van der Waals surface area (Å²) in [5.41, 5.74) is 0.146. The van der Waals surface area contributed by atoms with Crippen molar-refractivity contribution in [1.82, 2.24) is 4.90 Å². The monoisotopic (exact) mass is 413 g/mol. The van der Waals surface area contributed by atoms with E-state index in [1.807, 2.05) is 13.8 Å². The summed E-state index contributed by atoms with van der Waals surface area (Å²) in [7, 11) is -0.277. The lowest BCUT2D eigenvalue weighted by Gasteiger charge is -2.33. The summed E-state index contributed by atoms with van der Waals surface area (Å²) in [5, 5.41) is 0. The Hall–Kier alpha value is -2.29. The maximum absolute atomic E-state index is 12.8. The Bertz CT molecular complexity index is 822. The Morgan fingerprint density at radius 1 is 1.25 bits per heavy atom. The average molecular weight is 413 g/mol. The van der Waals surface area contributed by atoms with Gasteiger partial charge in [-0.1, -0.05) is 13.0 Å². The van der Waals surface area contributed by atoms with Crippen molar-refractivity contribution in [2.24, 2.45) is 0 Å². The number of rotatable bonds is 8. The minimum Gasteiger partial charge on any atom is -0.493 e. The van der Waals surface area contributed by atoms with E-state index in [9.17, 15) is 18.0 Å². The molecular weight excluding hydrogens is 386 g/mol. The Balaban J connectivity index is 2.11. The minimum absolute atomic E-state index is 0.0548. The van der Waals surface area contributed by atoms with Gasteiger partial charge in [-0.05, 0) is 31.9 Å². The fourth-order valence-electron chi connectivity index (χ4n) is 3.33. The third kappa shape index (κ3) is 4.95. The van der Waals surface area contributed by atoms with Crippen molar-refractivity contribution in [2.75, 3.05) is 32.3 Å². The highest BCUT2D eigenvalue weighted by atomic mass is 32.2. The van der Waals surface area contributed by atoms with Crippen LogP contribution in [0, 0.1) is 0 Å². The average Bonchev–Trinajstić information content (AvgIpc) is 3.04. The predicted octanol–water partition coefficient (Wildman–Crippen LogP) is 1.67. The summed E-state index contributed by atoms with van der Waals surface area (Å²) in [6, 6.07) is 4.23. The Morgan fingerprint density at radius 3 is 2.50 bits per heavy atom.